The van der Waals surface area contributed by atoms with Gasteiger partial charge >= 0.3 is 0 Å². The number of hydrogen-bond donors (Lipinski definition) is 0. The fourth-order valence-corrected chi connectivity index (χ4v) is 0.956. The highest BCUT2D eigenvalue weighted by Gasteiger charge is 2.13. The van der Waals surface area contributed by atoms with Crippen LogP contribution in [0.1, 0.15) is 12.2 Å². The zero-order valence-electron chi connectivity index (χ0n) is 4.96. The van der Waals surface area contributed by atoms with Crippen molar-refractivity contribution in [2.45, 2.75) is 12.8 Å². The summed E-state index contributed by atoms with van der Waals surface area (Å²) in [5.41, 5.74) is 0. The molecule has 9 heavy (non-hydrogen) atoms. The quantitative estimate of drug-likeness (QED) is 0.518. The van der Waals surface area contributed by atoms with Crippen LogP contribution in [0, 0.1) is 0 Å². The van der Waals surface area contributed by atoms with Gasteiger partial charge in [-0.15, -0.1) is 0 Å². The van der Waals surface area contributed by atoms with Gasteiger partial charge in [0, 0.05) is 6.42 Å². The Morgan fingerprint density at radius 1 is 1.56 bits per heavy atom. The van der Waals surface area contributed by atoms with E-state index in [4.69, 9.17) is 9.26 Å². The number of ether oxygens (including phenoxy) is 1. The maximum Gasteiger partial charge on any atom is 0.181 e. The molecule has 0 unspecified atom stereocenters. The molecule has 0 radical (unpaired) electrons. The van der Waals surface area contributed by atoms with Crippen LogP contribution < -0.4 is 4.74 Å². The zero-order chi connectivity index (χ0) is 6.10. The lowest BCUT2D eigenvalue weighted by molar-refractivity contribution is 0.263. The molecule has 2 rings (SSSR count). The van der Waals surface area contributed by atoms with E-state index in [0.29, 0.717) is 0 Å². The summed E-state index contributed by atoms with van der Waals surface area (Å²) < 4.78 is 10.1. The smallest absolute Gasteiger partial charge is 0.181 e. The summed E-state index contributed by atoms with van der Waals surface area (Å²) in [4.78, 5) is 0. The van der Waals surface area contributed by atoms with Gasteiger partial charge in [-0.25, -0.2) is 0 Å². The Morgan fingerprint density at radius 2 is 2.56 bits per heavy atom. The summed E-state index contributed by atoms with van der Waals surface area (Å²) in [5, 5.41) is 3.60. The highest BCUT2D eigenvalue weighted by molar-refractivity contribution is 5.22. The van der Waals surface area contributed by atoms with Gasteiger partial charge in [0.1, 0.15) is 6.20 Å². The van der Waals surface area contributed by atoms with E-state index < -0.39 is 0 Å². The largest absolute Gasteiger partial charge is 0.488 e. The maximum atomic E-state index is 5.21. The Morgan fingerprint density at radius 3 is 3.44 bits per heavy atom. The van der Waals surface area contributed by atoms with Crippen LogP contribution in [0.15, 0.2) is 10.7 Å². The van der Waals surface area contributed by atoms with Gasteiger partial charge in [0.15, 0.2) is 11.5 Å². The summed E-state index contributed by atoms with van der Waals surface area (Å²) in [6.07, 6.45) is 3.63. The SMILES string of the molecule is c1noc2c1OCCC2. The van der Waals surface area contributed by atoms with E-state index in [1.165, 1.54) is 0 Å². The van der Waals surface area contributed by atoms with Gasteiger partial charge in [0.05, 0.1) is 6.61 Å². The van der Waals surface area contributed by atoms with Crippen molar-refractivity contribution in [2.75, 3.05) is 6.61 Å². The molecule has 0 fully saturated rings. The first-order valence-electron chi connectivity index (χ1n) is 3.03. The van der Waals surface area contributed by atoms with Gasteiger partial charge in [0.25, 0.3) is 0 Å². The molecule has 0 aromatic carbocycles. The Labute approximate surface area is 52.6 Å². The van der Waals surface area contributed by atoms with E-state index in [0.717, 1.165) is 31.0 Å². The average molecular weight is 125 g/mol. The standard InChI is InChI=1S/C6H7NO2/c1-2-5-6(8-3-1)4-7-9-5/h4H,1-3H2. The molecular formula is C6H7NO2. The van der Waals surface area contributed by atoms with Crippen LogP contribution in [-0.2, 0) is 6.42 Å². The first-order chi connectivity index (χ1) is 4.47. The van der Waals surface area contributed by atoms with E-state index in [-0.39, 0.29) is 0 Å². The first-order valence-corrected chi connectivity index (χ1v) is 3.03. The van der Waals surface area contributed by atoms with Crippen LogP contribution in [0.3, 0.4) is 0 Å². The van der Waals surface area contributed by atoms with Crippen molar-refractivity contribution >= 4 is 0 Å². The predicted molar refractivity (Wildman–Crippen MR) is 30.3 cm³/mol. The zero-order valence-corrected chi connectivity index (χ0v) is 4.96. The van der Waals surface area contributed by atoms with Gasteiger partial charge in [-0.05, 0) is 6.42 Å². The second kappa shape index (κ2) is 1.76. The van der Waals surface area contributed by atoms with E-state index in [1.54, 1.807) is 6.20 Å². The second-order valence-electron chi connectivity index (χ2n) is 2.07. The molecule has 0 aliphatic carbocycles. The van der Waals surface area contributed by atoms with Gasteiger partial charge < -0.3 is 9.26 Å². The van der Waals surface area contributed by atoms with Crippen molar-refractivity contribution in [3.05, 3.63) is 12.0 Å². The van der Waals surface area contributed by atoms with Crippen LogP contribution in [-0.4, -0.2) is 11.8 Å². The predicted octanol–water partition coefficient (Wildman–Crippen LogP) is 1.000. The molecule has 2 heterocycles. The fraction of sp³-hybridized carbons (Fsp3) is 0.500. The van der Waals surface area contributed by atoms with Gasteiger partial charge in [-0.3, -0.25) is 0 Å². The first kappa shape index (κ1) is 4.85. The van der Waals surface area contributed by atoms with Crippen molar-refractivity contribution in [3.63, 3.8) is 0 Å². The van der Waals surface area contributed by atoms with E-state index in [2.05, 4.69) is 5.16 Å². The summed E-state index contributed by atoms with van der Waals surface area (Å²) in [6, 6.07) is 0. The third-order valence-electron chi connectivity index (χ3n) is 1.41. The molecule has 3 heteroatoms. The molecule has 1 aromatic rings. The normalized spacial score (nSPS) is 16.4. The lowest BCUT2D eigenvalue weighted by Crippen LogP contribution is -2.05. The molecular weight excluding hydrogens is 118 g/mol. The molecule has 0 saturated carbocycles. The second-order valence-corrected chi connectivity index (χ2v) is 2.07. The lowest BCUT2D eigenvalue weighted by atomic mass is 10.2. The number of hydrogen-bond acceptors (Lipinski definition) is 3. The van der Waals surface area contributed by atoms with Gasteiger partial charge in [0.2, 0.25) is 0 Å². The number of aromatic nitrogens is 1. The highest BCUT2D eigenvalue weighted by Crippen LogP contribution is 2.22. The minimum Gasteiger partial charge on any atom is -0.488 e. The average Bonchev–Trinajstić information content (AvgIpc) is 2.33. The Balaban J connectivity index is 2.39. The van der Waals surface area contributed by atoms with Crippen molar-refractivity contribution < 1.29 is 9.26 Å². The summed E-state index contributed by atoms with van der Waals surface area (Å²) in [7, 11) is 0. The van der Waals surface area contributed by atoms with Gasteiger partial charge in [-0.2, -0.15) is 0 Å². The molecule has 3 nitrogen and oxygen atoms in total. The van der Waals surface area contributed by atoms with E-state index in [1.807, 2.05) is 0 Å². The molecule has 0 N–H and O–H groups in total. The van der Waals surface area contributed by atoms with Gasteiger partial charge in [-0.1, -0.05) is 5.16 Å². The lowest BCUT2D eigenvalue weighted by Gasteiger charge is -2.08. The monoisotopic (exact) mass is 125 g/mol. The van der Waals surface area contributed by atoms with E-state index in [9.17, 15) is 0 Å². The maximum absolute atomic E-state index is 5.21. The number of aryl methyl sites for hydroxylation is 1. The molecule has 48 valence electrons. The summed E-state index contributed by atoms with van der Waals surface area (Å²) in [6.45, 7) is 0.800. The number of fused-ring (bicyclic) bond motifs is 1. The van der Waals surface area contributed by atoms with Crippen molar-refractivity contribution in [2.24, 2.45) is 0 Å². The number of nitrogens with zero attached hydrogens (tertiary/aromatic N) is 1. The van der Waals surface area contributed by atoms with E-state index >= 15 is 0 Å². The summed E-state index contributed by atoms with van der Waals surface area (Å²) in [5.74, 6) is 1.71. The molecule has 0 amide bonds. The fourth-order valence-electron chi connectivity index (χ4n) is 0.956. The topological polar surface area (TPSA) is 35.3 Å². The van der Waals surface area contributed by atoms with Crippen molar-refractivity contribution in [3.8, 4) is 5.75 Å². The Kier molecular flexibility index (Phi) is 0.946. The van der Waals surface area contributed by atoms with Crippen molar-refractivity contribution in [1.82, 2.24) is 5.16 Å². The number of rotatable bonds is 0. The van der Waals surface area contributed by atoms with Crippen LogP contribution in [0.25, 0.3) is 0 Å². The molecule has 1 aliphatic rings. The molecule has 1 aromatic heterocycles. The van der Waals surface area contributed by atoms with Crippen LogP contribution in [0.4, 0.5) is 0 Å². The summed E-state index contributed by atoms with van der Waals surface area (Å²) >= 11 is 0. The van der Waals surface area contributed by atoms with Crippen LogP contribution in [0.5, 0.6) is 5.75 Å². The van der Waals surface area contributed by atoms with Crippen LogP contribution >= 0.6 is 0 Å². The molecule has 0 atom stereocenters. The minimum absolute atomic E-state index is 0.800. The molecule has 0 spiro atoms. The third-order valence-corrected chi connectivity index (χ3v) is 1.41. The molecule has 0 bridgehead atoms. The van der Waals surface area contributed by atoms with Crippen molar-refractivity contribution in [1.29, 1.82) is 0 Å². The van der Waals surface area contributed by atoms with Crippen LogP contribution in [0.2, 0.25) is 0 Å². The Hall–Kier alpha value is -0.990. The minimum atomic E-state index is 0.800. The molecule has 0 saturated heterocycles. The third kappa shape index (κ3) is 0.686. The Bertz CT molecular complexity index is 186. The molecule has 1 aliphatic heterocycles. The highest BCUT2D eigenvalue weighted by atomic mass is 16.5.